The van der Waals surface area contributed by atoms with Crippen LogP contribution < -0.4 is 14.4 Å². The number of pyridine rings is 1. The van der Waals surface area contributed by atoms with Crippen molar-refractivity contribution in [2.75, 3.05) is 31.8 Å². The summed E-state index contributed by atoms with van der Waals surface area (Å²) in [7, 11) is 1.61. The molecule has 0 saturated carbocycles. The molecule has 2 fully saturated rings. The molecular formula is C29H31N3O5. The highest BCUT2D eigenvalue weighted by atomic mass is 16.6. The van der Waals surface area contributed by atoms with Crippen LogP contribution in [-0.2, 0) is 22.6 Å². The van der Waals surface area contributed by atoms with Gasteiger partial charge < -0.3 is 24.0 Å². The summed E-state index contributed by atoms with van der Waals surface area (Å²) in [6, 6.07) is 16.9. The van der Waals surface area contributed by atoms with E-state index >= 15 is 0 Å². The average molecular weight is 502 g/mol. The minimum atomic E-state index is -0.125. The number of ether oxygens (including phenoxy) is 3. The molecule has 0 unspecified atom stereocenters. The fraction of sp³-hybridized carbons (Fsp3) is 0.345. The van der Waals surface area contributed by atoms with Gasteiger partial charge in [0.1, 0.15) is 6.10 Å². The molecule has 2 saturated heterocycles. The number of hydrogen-bond donors (Lipinski definition) is 0. The molecule has 2 aliphatic heterocycles. The van der Waals surface area contributed by atoms with Crippen LogP contribution in [0.3, 0.4) is 0 Å². The molecule has 192 valence electrons. The molecule has 0 N–H and O–H groups in total. The van der Waals surface area contributed by atoms with Crippen LogP contribution in [0, 0.1) is 0 Å². The highest BCUT2D eigenvalue weighted by molar-refractivity contribution is 5.99. The van der Waals surface area contributed by atoms with Crippen LogP contribution in [0.25, 0.3) is 0 Å². The Morgan fingerprint density at radius 2 is 2.00 bits per heavy atom. The standard InChI is InChI=1S/C29H31N3O5/c1-35-27-15-21(9-10-26(27)37-25-11-14-36-20-25)18-31(19-22-5-3-12-30-17-22)29(34)23-6-2-7-24(16-23)32-13-4-8-28(32)33/h2-3,5-7,9-10,12,15-17,25H,4,8,11,13-14,18-20H2,1H3/t25-/m0/s1. The van der Waals surface area contributed by atoms with Crippen molar-refractivity contribution in [1.29, 1.82) is 0 Å². The van der Waals surface area contributed by atoms with Crippen molar-refractivity contribution in [3.8, 4) is 11.5 Å². The molecule has 0 spiro atoms. The van der Waals surface area contributed by atoms with Crippen molar-refractivity contribution in [2.24, 2.45) is 0 Å². The van der Waals surface area contributed by atoms with Crippen LogP contribution in [0.5, 0.6) is 11.5 Å². The maximum absolute atomic E-state index is 13.8. The van der Waals surface area contributed by atoms with Crippen LogP contribution in [-0.4, -0.2) is 54.7 Å². The first-order valence-corrected chi connectivity index (χ1v) is 12.6. The van der Waals surface area contributed by atoms with E-state index < -0.39 is 0 Å². The van der Waals surface area contributed by atoms with Crippen molar-refractivity contribution < 1.29 is 23.8 Å². The zero-order valence-electron chi connectivity index (χ0n) is 21.0. The Morgan fingerprint density at radius 1 is 1.11 bits per heavy atom. The first-order valence-electron chi connectivity index (χ1n) is 12.6. The van der Waals surface area contributed by atoms with Crippen molar-refractivity contribution >= 4 is 17.5 Å². The van der Waals surface area contributed by atoms with E-state index in [1.165, 1.54) is 0 Å². The molecule has 0 aliphatic carbocycles. The lowest BCUT2D eigenvalue weighted by Gasteiger charge is -2.25. The molecule has 0 radical (unpaired) electrons. The number of carbonyl (C=O) groups excluding carboxylic acids is 2. The second-order valence-corrected chi connectivity index (χ2v) is 9.31. The number of benzene rings is 2. The van der Waals surface area contributed by atoms with Crippen LogP contribution in [0.2, 0.25) is 0 Å². The maximum atomic E-state index is 13.8. The predicted octanol–water partition coefficient (Wildman–Crippen LogP) is 4.23. The smallest absolute Gasteiger partial charge is 0.254 e. The largest absolute Gasteiger partial charge is 0.493 e. The van der Waals surface area contributed by atoms with Gasteiger partial charge in [-0.2, -0.15) is 0 Å². The summed E-state index contributed by atoms with van der Waals surface area (Å²) in [6.45, 7) is 2.70. The molecule has 37 heavy (non-hydrogen) atoms. The topological polar surface area (TPSA) is 81.2 Å². The number of nitrogens with zero attached hydrogens (tertiary/aromatic N) is 3. The number of amides is 2. The van der Waals surface area contributed by atoms with Crippen molar-refractivity contribution in [3.05, 3.63) is 83.7 Å². The van der Waals surface area contributed by atoms with Gasteiger partial charge in [-0.1, -0.05) is 18.2 Å². The third-order valence-electron chi connectivity index (χ3n) is 6.64. The number of hydrogen-bond acceptors (Lipinski definition) is 6. The zero-order chi connectivity index (χ0) is 25.6. The second-order valence-electron chi connectivity index (χ2n) is 9.31. The third kappa shape index (κ3) is 5.91. The van der Waals surface area contributed by atoms with Gasteiger partial charge in [-0.05, 0) is 53.9 Å². The molecule has 1 atom stereocenters. The zero-order valence-corrected chi connectivity index (χ0v) is 21.0. The number of methoxy groups -OCH3 is 1. The quantitative estimate of drug-likeness (QED) is 0.437. The first kappa shape index (κ1) is 24.8. The molecule has 5 rings (SSSR count). The summed E-state index contributed by atoms with van der Waals surface area (Å²) in [5.74, 6) is 1.25. The minimum absolute atomic E-state index is 0.0122. The van der Waals surface area contributed by atoms with Gasteiger partial charge in [-0.15, -0.1) is 0 Å². The molecule has 3 aromatic rings. The third-order valence-corrected chi connectivity index (χ3v) is 6.64. The molecule has 2 aromatic carbocycles. The summed E-state index contributed by atoms with van der Waals surface area (Å²) in [5.41, 5.74) is 3.13. The lowest BCUT2D eigenvalue weighted by molar-refractivity contribution is -0.117. The van der Waals surface area contributed by atoms with Gasteiger partial charge in [-0.25, -0.2) is 0 Å². The molecule has 8 heteroatoms. The second kappa shape index (κ2) is 11.4. The van der Waals surface area contributed by atoms with Gasteiger partial charge >= 0.3 is 0 Å². The monoisotopic (exact) mass is 501 g/mol. The van der Waals surface area contributed by atoms with Crippen LogP contribution in [0.15, 0.2) is 67.0 Å². The van der Waals surface area contributed by atoms with Crippen LogP contribution in [0.1, 0.15) is 40.7 Å². The average Bonchev–Trinajstić information content (AvgIpc) is 3.61. The Balaban J connectivity index is 1.39. The summed E-state index contributed by atoms with van der Waals surface area (Å²) in [4.78, 5) is 33.8. The highest BCUT2D eigenvalue weighted by Gasteiger charge is 2.24. The van der Waals surface area contributed by atoms with E-state index in [0.29, 0.717) is 56.3 Å². The van der Waals surface area contributed by atoms with Gasteiger partial charge in [0.2, 0.25) is 5.91 Å². The summed E-state index contributed by atoms with van der Waals surface area (Å²) < 4.78 is 17.1. The predicted molar refractivity (Wildman–Crippen MR) is 139 cm³/mol. The lowest BCUT2D eigenvalue weighted by atomic mass is 10.1. The minimum Gasteiger partial charge on any atom is -0.493 e. The summed E-state index contributed by atoms with van der Waals surface area (Å²) in [6.07, 6.45) is 5.71. The lowest BCUT2D eigenvalue weighted by Crippen LogP contribution is -2.30. The number of aromatic nitrogens is 1. The van der Waals surface area contributed by atoms with Crippen LogP contribution in [0.4, 0.5) is 5.69 Å². The number of rotatable bonds is 9. The fourth-order valence-electron chi connectivity index (χ4n) is 4.74. The summed E-state index contributed by atoms with van der Waals surface area (Å²) in [5, 5.41) is 0. The SMILES string of the molecule is COc1cc(CN(Cc2cccnc2)C(=O)c2cccc(N3CCCC3=O)c2)ccc1O[C@H]1CCOC1. The van der Waals surface area contributed by atoms with Crippen molar-refractivity contribution in [1.82, 2.24) is 9.88 Å². The molecule has 0 bridgehead atoms. The van der Waals surface area contributed by atoms with Gasteiger partial charge in [0, 0.05) is 56.1 Å². The Morgan fingerprint density at radius 3 is 2.73 bits per heavy atom. The van der Waals surface area contributed by atoms with E-state index in [9.17, 15) is 9.59 Å². The van der Waals surface area contributed by atoms with E-state index in [4.69, 9.17) is 14.2 Å². The molecule has 1 aromatic heterocycles. The van der Waals surface area contributed by atoms with E-state index in [1.807, 2.05) is 48.5 Å². The van der Waals surface area contributed by atoms with Gasteiger partial charge in [-0.3, -0.25) is 14.6 Å². The highest BCUT2D eigenvalue weighted by Crippen LogP contribution is 2.31. The normalized spacial score (nSPS) is 17.2. The molecule has 2 amide bonds. The Labute approximate surface area is 216 Å². The number of carbonyl (C=O) groups is 2. The molecule has 2 aliphatic rings. The Bertz CT molecular complexity index is 1240. The van der Waals surface area contributed by atoms with E-state index in [0.717, 1.165) is 29.7 Å². The van der Waals surface area contributed by atoms with Gasteiger partial charge in [0.05, 0.1) is 20.3 Å². The first-order chi connectivity index (χ1) is 18.1. The fourth-order valence-corrected chi connectivity index (χ4v) is 4.74. The van der Waals surface area contributed by atoms with Gasteiger partial charge in [0.25, 0.3) is 5.91 Å². The van der Waals surface area contributed by atoms with E-state index in [2.05, 4.69) is 4.98 Å². The van der Waals surface area contributed by atoms with Crippen LogP contribution >= 0.6 is 0 Å². The molecule has 3 heterocycles. The number of anilines is 1. The van der Waals surface area contributed by atoms with E-state index in [-0.39, 0.29) is 17.9 Å². The van der Waals surface area contributed by atoms with Crippen molar-refractivity contribution in [3.63, 3.8) is 0 Å². The Hall–Kier alpha value is -3.91. The molecular weight excluding hydrogens is 470 g/mol. The maximum Gasteiger partial charge on any atom is 0.254 e. The molecule has 8 nitrogen and oxygen atoms in total. The Kier molecular flexibility index (Phi) is 7.65. The summed E-state index contributed by atoms with van der Waals surface area (Å²) >= 11 is 0. The van der Waals surface area contributed by atoms with E-state index in [1.54, 1.807) is 35.4 Å². The van der Waals surface area contributed by atoms with Crippen molar-refractivity contribution in [2.45, 2.75) is 38.5 Å². The van der Waals surface area contributed by atoms with Gasteiger partial charge in [0.15, 0.2) is 11.5 Å².